The lowest BCUT2D eigenvalue weighted by atomic mass is 10.1. The van der Waals surface area contributed by atoms with Gasteiger partial charge in [0.15, 0.2) is 11.5 Å². The zero-order valence-electron chi connectivity index (χ0n) is 18.0. The first kappa shape index (κ1) is 20.4. The Morgan fingerprint density at radius 1 is 1.03 bits per heavy atom. The number of hydrogen-bond donors (Lipinski definition) is 1. The highest BCUT2D eigenvalue weighted by Crippen LogP contribution is 2.33. The first-order valence-corrected chi connectivity index (χ1v) is 10.9. The van der Waals surface area contributed by atoms with E-state index >= 15 is 0 Å². The molecule has 2 aliphatic rings. The fourth-order valence-corrected chi connectivity index (χ4v) is 4.04. The van der Waals surface area contributed by atoms with Crippen LogP contribution < -0.4 is 14.2 Å². The average Bonchev–Trinajstić information content (AvgIpc) is 3.50. The minimum Gasteiger partial charge on any atom is -0.494 e. The molecular weight excluding hydrogens is 408 g/mol. The molecule has 0 saturated carbocycles. The number of hydrogen-bond acceptors (Lipinski definition) is 6. The average molecular weight is 434 g/mol. The third kappa shape index (κ3) is 4.27. The molecule has 0 unspecified atom stereocenters. The molecule has 0 aliphatic carbocycles. The number of fused-ring (bicyclic) bond motifs is 1. The summed E-state index contributed by atoms with van der Waals surface area (Å²) in [5.74, 6) is 2.41. The van der Waals surface area contributed by atoms with E-state index < -0.39 is 0 Å². The van der Waals surface area contributed by atoms with Crippen molar-refractivity contribution in [1.29, 1.82) is 0 Å². The second kappa shape index (κ2) is 8.92. The van der Waals surface area contributed by atoms with Crippen molar-refractivity contribution in [3.8, 4) is 28.5 Å². The molecule has 0 spiro atoms. The smallest absolute Gasteiger partial charge is 0.271 e. The number of piperazine rings is 1. The van der Waals surface area contributed by atoms with Gasteiger partial charge >= 0.3 is 0 Å². The van der Waals surface area contributed by atoms with Gasteiger partial charge in [-0.3, -0.25) is 14.8 Å². The van der Waals surface area contributed by atoms with Crippen molar-refractivity contribution in [2.24, 2.45) is 0 Å². The van der Waals surface area contributed by atoms with E-state index in [4.69, 9.17) is 14.2 Å². The molecule has 2 aromatic carbocycles. The Kier molecular flexibility index (Phi) is 5.68. The summed E-state index contributed by atoms with van der Waals surface area (Å²) in [6, 6.07) is 15.6. The number of ether oxygens (including phenoxy) is 3. The number of H-pyrrole nitrogens is 1. The summed E-state index contributed by atoms with van der Waals surface area (Å²) in [5, 5.41) is 7.24. The molecule has 5 rings (SSSR count). The molecule has 0 bridgehead atoms. The zero-order chi connectivity index (χ0) is 21.9. The van der Waals surface area contributed by atoms with Crippen molar-refractivity contribution >= 4 is 5.91 Å². The second-order valence-corrected chi connectivity index (χ2v) is 7.88. The van der Waals surface area contributed by atoms with Crippen molar-refractivity contribution in [3.63, 3.8) is 0 Å². The molecule has 3 aromatic rings. The first-order chi connectivity index (χ1) is 15.7. The third-order valence-electron chi connectivity index (χ3n) is 5.77. The summed E-state index contributed by atoms with van der Waals surface area (Å²) in [5.41, 5.74) is 3.39. The fraction of sp³-hybridized carbons (Fsp3) is 0.333. The van der Waals surface area contributed by atoms with E-state index in [1.807, 2.05) is 54.3 Å². The Hall–Kier alpha value is -3.52. The molecule has 3 heterocycles. The molecule has 8 nitrogen and oxygen atoms in total. The van der Waals surface area contributed by atoms with Crippen LogP contribution in [0, 0.1) is 0 Å². The monoisotopic (exact) mass is 434 g/mol. The quantitative estimate of drug-likeness (QED) is 0.642. The molecule has 1 N–H and O–H groups in total. The number of carbonyl (C=O) groups is 1. The minimum atomic E-state index is -0.0163. The van der Waals surface area contributed by atoms with Crippen LogP contribution in [0.1, 0.15) is 23.0 Å². The van der Waals surface area contributed by atoms with Gasteiger partial charge in [0.25, 0.3) is 5.91 Å². The highest BCUT2D eigenvalue weighted by atomic mass is 16.7. The predicted octanol–water partition coefficient (Wildman–Crippen LogP) is 3.16. The Morgan fingerprint density at radius 2 is 1.81 bits per heavy atom. The zero-order valence-corrected chi connectivity index (χ0v) is 18.0. The van der Waals surface area contributed by atoms with Crippen LogP contribution in [0.2, 0.25) is 0 Å². The highest BCUT2D eigenvalue weighted by Gasteiger charge is 2.24. The van der Waals surface area contributed by atoms with Crippen molar-refractivity contribution in [2.75, 3.05) is 39.6 Å². The molecule has 1 amide bonds. The van der Waals surface area contributed by atoms with Gasteiger partial charge in [0, 0.05) is 38.3 Å². The first-order valence-electron chi connectivity index (χ1n) is 10.9. The predicted molar refractivity (Wildman–Crippen MR) is 119 cm³/mol. The summed E-state index contributed by atoms with van der Waals surface area (Å²) in [4.78, 5) is 17.2. The number of carbonyl (C=O) groups excluding carboxylic acids is 1. The van der Waals surface area contributed by atoms with Crippen LogP contribution in [-0.2, 0) is 6.54 Å². The maximum atomic E-state index is 13.0. The summed E-state index contributed by atoms with van der Waals surface area (Å²) in [6.07, 6.45) is 0. The van der Waals surface area contributed by atoms with Crippen LogP contribution in [0.15, 0.2) is 48.5 Å². The largest absolute Gasteiger partial charge is 0.494 e. The number of nitrogens with zero attached hydrogens (tertiary/aromatic N) is 3. The van der Waals surface area contributed by atoms with Crippen LogP contribution in [0.5, 0.6) is 17.2 Å². The number of nitrogens with one attached hydrogen (secondary N) is 1. The minimum absolute atomic E-state index is 0.0163. The fourth-order valence-electron chi connectivity index (χ4n) is 4.04. The molecule has 8 heteroatoms. The molecule has 0 radical (unpaired) electrons. The number of aromatic nitrogens is 2. The number of benzene rings is 2. The Bertz CT molecular complexity index is 1090. The van der Waals surface area contributed by atoms with Crippen LogP contribution in [0.25, 0.3) is 11.3 Å². The summed E-state index contributed by atoms with van der Waals surface area (Å²) >= 11 is 0. The summed E-state index contributed by atoms with van der Waals surface area (Å²) < 4.78 is 16.3. The van der Waals surface area contributed by atoms with E-state index in [9.17, 15) is 4.79 Å². The van der Waals surface area contributed by atoms with E-state index in [1.54, 1.807) is 0 Å². The molecule has 2 aliphatic heterocycles. The molecule has 166 valence electrons. The lowest BCUT2D eigenvalue weighted by Crippen LogP contribution is -2.48. The van der Waals surface area contributed by atoms with Gasteiger partial charge in [-0.2, -0.15) is 5.10 Å². The Labute approximate surface area is 186 Å². The lowest BCUT2D eigenvalue weighted by Gasteiger charge is -2.34. The second-order valence-electron chi connectivity index (χ2n) is 7.88. The van der Waals surface area contributed by atoms with Crippen molar-refractivity contribution in [3.05, 3.63) is 59.8 Å². The molecule has 1 fully saturated rings. The van der Waals surface area contributed by atoms with Gasteiger partial charge in [-0.1, -0.05) is 6.07 Å². The van der Waals surface area contributed by atoms with Gasteiger partial charge in [-0.15, -0.1) is 0 Å². The molecule has 0 atom stereocenters. The van der Waals surface area contributed by atoms with Crippen molar-refractivity contribution in [2.45, 2.75) is 13.5 Å². The third-order valence-corrected chi connectivity index (χ3v) is 5.77. The van der Waals surface area contributed by atoms with Gasteiger partial charge in [0.05, 0.1) is 12.3 Å². The van der Waals surface area contributed by atoms with Crippen molar-refractivity contribution in [1.82, 2.24) is 20.0 Å². The molecule has 1 aromatic heterocycles. The molecule has 32 heavy (non-hydrogen) atoms. The SMILES string of the molecule is CCOc1ccc(-c2cc(C(=O)N3CCN(Cc4ccc5c(c4)OCO5)CC3)[nH]n2)cc1. The lowest BCUT2D eigenvalue weighted by molar-refractivity contribution is 0.0622. The standard InChI is InChI=1S/C24H26N4O4/c1-2-30-19-6-4-18(5-7-19)20-14-21(26-25-20)24(29)28-11-9-27(10-12-28)15-17-3-8-22-23(13-17)32-16-31-22/h3-8,13-14H,2,9-12,15-16H2,1H3,(H,25,26). The Morgan fingerprint density at radius 3 is 2.59 bits per heavy atom. The van der Waals surface area contributed by atoms with Gasteiger partial charge in [-0.05, 0) is 55.0 Å². The van der Waals surface area contributed by atoms with Gasteiger partial charge in [0.1, 0.15) is 11.4 Å². The Balaban J connectivity index is 1.17. The van der Waals surface area contributed by atoms with E-state index in [2.05, 4.69) is 21.2 Å². The van der Waals surface area contributed by atoms with E-state index in [0.29, 0.717) is 25.4 Å². The molecule has 1 saturated heterocycles. The van der Waals surface area contributed by atoms with Crippen LogP contribution in [0.4, 0.5) is 0 Å². The van der Waals surface area contributed by atoms with E-state index in [1.165, 1.54) is 5.56 Å². The van der Waals surface area contributed by atoms with Gasteiger partial charge in [-0.25, -0.2) is 0 Å². The summed E-state index contributed by atoms with van der Waals surface area (Å²) in [6.45, 7) is 6.70. The van der Waals surface area contributed by atoms with E-state index in [-0.39, 0.29) is 12.7 Å². The van der Waals surface area contributed by atoms with Crippen LogP contribution >= 0.6 is 0 Å². The van der Waals surface area contributed by atoms with Crippen LogP contribution in [-0.4, -0.2) is 65.5 Å². The highest BCUT2D eigenvalue weighted by molar-refractivity contribution is 5.93. The normalized spacial score (nSPS) is 15.7. The van der Waals surface area contributed by atoms with Crippen LogP contribution in [0.3, 0.4) is 0 Å². The van der Waals surface area contributed by atoms with Crippen molar-refractivity contribution < 1.29 is 19.0 Å². The van der Waals surface area contributed by atoms with Gasteiger partial charge in [0.2, 0.25) is 6.79 Å². The molecular formula is C24H26N4O4. The summed E-state index contributed by atoms with van der Waals surface area (Å²) in [7, 11) is 0. The van der Waals surface area contributed by atoms with Gasteiger partial charge < -0.3 is 19.1 Å². The topological polar surface area (TPSA) is 79.9 Å². The van der Waals surface area contributed by atoms with E-state index in [0.717, 1.165) is 48.1 Å². The maximum absolute atomic E-state index is 13.0. The number of rotatable bonds is 6. The number of amides is 1. The number of aromatic amines is 1. The maximum Gasteiger partial charge on any atom is 0.271 e.